The van der Waals surface area contributed by atoms with Gasteiger partial charge in [0, 0.05) is 49.4 Å². The summed E-state index contributed by atoms with van der Waals surface area (Å²) in [5.41, 5.74) is 3.74. The van der Waals surface area contributed by atoms with Gasteiger partial charge < -0.3 is 14.5 Å². The highest BCUT2D eigenvalue weighted by atomic mass is 19.1. The van der Waals surface area contributed by atoms with Gasteiger partial charge in [-0.15, -0.1) is 0 Å². The lowest BCUT2D eigenvalue weighted by Gasteiger charge is -2.26. The van der Waals surface area contributed by atoms with Gasteiger partial charge in [-0.3, -0.25) is 4.79 Å². The number of amides is 1. The molecular formula is C27H31FN4O2. The highest BCUT2D eigenvalue weighted by Crippen LogP contribution is 2.27. The van der Waals surface area contributed by atoms with E-state index in [4.69, 9.17) is 14.7 Å². The van der Waals surface area contributed by atoms with Gasteiger partial charge in [-0.1, -0.05) is 25.1 Å². The van der Waals surface area contributed by atoms with Gasteiger partial charge in [0.25, 0.3) is 5.91 Å². The van der Waals surface area contributed by atoms with E-state index in [9.17, 15) is 9.18 Å². The zero-order valence-electron chi connectivity index (χ0n) is 20.1. The third kappa shape index (κ3) is 5.35. The molecule has 34 heavy (non-hydrogen) atoms. The summed E-state index contributed by atoms with van der Waals surface area (Å²) in [7, 11) is 1.66. The molecule has 0 bridgehead atoms. The SMILES string of the molecule is CCc1nc(C)nc(N2CCCN(C(=O)c3cccc(F)c3)CC2)c1Cc1ccc(OC)cc1. The molecule has 0 saturated carbocycles. The first-order valence-corrected chi connectivity index (χ1v) is 11.8. The largest absolute Gasteiger partial charge is 0.497 e. The molecule has 1 saturated heterocycles. The van der Waals surface area contributed by atoms with Gasteiger partial charge in [-0.05, 0) is 55.7 Å². The van der Waals surface area contributed by atoms with Crippen molar-refractivity contribution in [3.8, 4) is 5.75 Å². The van der Waals surface area contributed by atoms with Gasteiger partial charge in [0.15, 0.2) is 0 Å². The average Bonchev–Trinajstić information content (AvgIpc) is 3.11. The Hall–Kier alpha value is -3.48. The molecule has 2 heterocycles. The van der Waals surface area contributed by atoms with Crippen LogP contribution in [-0.4, -0.2) is 54.1 Å². The van der Waals surface area contributed by atoms with E-state index in [-0.39, 0.29) is 5.91 Å². The number of halogens is 1. The summed E-state index contributed by atoms with van der Waals surface area (Å²) in [6.45, 7) is 6.69. The molecule has 1 fully saturated rings. The van der Waals surface area contributed by atoms with Crippen LogP contribution < -0.4 is 9.64 Å². The molecule has 6 nitrogen and oxygen atoms in total. The predicted molar refractivity (Wildman–Crippen MR) is 131 cm³/mol. The number of benzene rings is 2. The highest BCUT2D eigenvalue weighted by Gasteiger charge is 2.24. The molecule has 0 spiro atoms. The topological polar surface area (TPSA) is 58.6 Å². The number of nitrogens with zero attached hydrogens (tertiary/aromatic N) is 4. The van der Waals surface area contributed by atoms with Crippen LogP contribution in [0, 0.1) is 12.7 Å². The Morgan fingerprint density at radius 1 is 1.06 bits per heavy atom. The zero-order chi connectivity index (χ0) is 24.1. The molecule has 0 radical (unpaired) electrons. The lowest BCUT2D eigenvalue weighted by molar-refractivity contribution is 0.0766. The van der Waals surface area contributed by atoms with Gasteiger partial charge in [0.1, 0.15) is 23.2 Å². The van der Waals surface area contributed by atoms with Crippen molar-refractivity contribution in [2.75, 3.05) is 38.2 Å². The Morgan fingerprint density at radius 2 is 1.85 bits per heavy atom. The number of anilines is 1. The number of carbonyl (C=O) groups excluding carboxylic acids is 1. The Bertz CT molecular complexity index is 1150. The van der Waals surface area contributed by atoms with E-state index < -0.39 is 5.82 Å². The molecule has 1 amide bonds. The van der Waals surface area contributed by atoms with Crippen LogP contribution in [0.15, 0.2) is 48.5 Å². The number of methoxy groups -OCH3 is 1. The number of carbonyl (C=O) groups is 1. The third-order valence-electron chi connectivity index (χ3n) is 6.21. The lowest BCUT2D eigenvalue weighted by atomic mass is 10.0. The zero-order valence-corrected chi connectivity index (χ0v) is 20.1. The van der Waals surface area contributed by atoms with E-state index in [0.717, 1.165) is 54.5 Å². The molecule has 0 unspecified atom stereocenters. The van der Waals surface area contributed by atoms with Crippen LogP contribution in [0.5, 0.6) is 5.75 Å². The Kier molecular flexibility index (Phi) is 7.40. The van der Waals surface area contributed by atoms with Crippen molar-refractivity contribution in [3.05, 3.63) is 82.6 Å². The second-order valence-electron chi connectivity index (χ2n) is 8.54. The monoisotopic (exact) mass is 462 g/mol. The average molecular weight is 463 g/mol. The van der Waals surface area contributed by atoms with Crippen LogP contribution in [0.4, 0.5) is 10.2 Å². The van der Waals surface area contributed by atoms with Crippen molar-refractivity contribution >= 4 is 11.7 Å². The van der Waals surface area contributed by atoms with Crippen molar-refractivity contribution in [1.82, 2.24) is 14.9 Å². The molecule has 2 aromatic carbocycles. The summed E-state index contributed by atoms with van der Waals surface area (Å²) in [6, 6.07) is 14.0. The minimum Gasteiger partial charge on any atom is -0.497 e. The fraction of sp³-hybridized carbons (Fsp3) is 0.370. The fourth-order valence-electron chi connectivity index (χ4n) is 4.46. The number of aromatic nitrogens is 2. The lowest BCUT2D eigenvalue weighted by Crippen LogP contribution is -2.36. The van der Waals surface area contributed by atoms with Gasteiger partial charge in [-0.2, -0.15) is 0 Å². The van der Waals surface area contributed by atoms with Gasteiger partial charge in [0.05, 0.1) is 7.11 Å². The maximum absolute atomic E-state index is 13.6. The van der Waals surface area contributed by atoms with Crippen LogP contribution in [0.3, 0.4) is 0 Å². The van der Waals surface area contributed by atoms with Crippen molar-refractivity contribution in [2.45, 2.75) is 33.1 Å². The molecule has 0 atom stereocenters. The van der Waals surface area contributed by atoms with Crippen LogP contribution in [0.1, 0.15) is 46.3 Å². The minimum absolute atomic E-state index is 0.132. The number of hydrogen-bond acceptors (Lipinski definition) is 5. The molecule has 4 rings (SSSR count). The van der Waals surface area contributed by atoms with Gasteiger partial charge >= 0.3 is 0 Å². The molecule has 1 aliphatic heterocycles. The van der Waals surface area contributed by atoms with Crippen LogP contribution in [-0.2, 0) is 12.8 Å². The Morgan fingerprint density at radius 3 is 2.56 bits per heavy atom. The van der Waals surface area contributed by atoms with E-state index in [2.05, 4.69) is 24.0 Å². The van der Waals surface area contributed by atoms with E-state index >= 15 is 0 Å². The molecule has 1 aliphatic rings. The molecule has 0 aliphatic carbocycles. The van der Waals surface area contributed by atoms with Gasteiger partial charge in [0.2, 0.25) is 0 Å². The maximum Gasteiger partial charge on any atom is 0.254 e. The van der Waals surface area contributed by atoms with E-state index in [1.807, 2.05) is 24.0 Å². The van der Waals surface area contributed by atoms with Crippen molar-refractivity contribution < 1.29 is 13.9 Å². The van der Waals surface area contributed by atoms with Crippen molar-refractivity contribution in [3.63, 3.8) is 0 Å². The van der Waals surface area contributed by atoms with Crippen molar-refractivity contribution in [2.24, 2.45) is 0 Å². The number of hydrogen-bond donors (Lipinski definition) is 0. The third-order valence-corrected chi connectivity index (χ3v) is 6.21. The first-order chi connectivity index (χ1) is 16.5. The van der Waals surface area contributed by atoms with Gasteiger partial charge in [-0.25, -0.2) is 14.4 Å². The first kappa shape index (κ1) is 23.7. The second-order valence-corrected chi connectivity index (χ2v) is 8.54. The van der Waals surface area contributed by atoms with Crippen LogP contribution in [0.2, 0.25) is 0 Å². The molecule has 7 heteroatoms. The minimum atomic E-state index is -0.394. The quantitative estimate of drug-likeness (QED) is 0.542. The number of aryl methyl sites for hydroxylation is 2. The normalized spacial score (nSPS) is 14.1. The second kappa shape index (κ2) is 10.6. The molecule has 3 aromatic rings. The number of rotatable bonds is 6. The van der Waals surface area contributed by atoms with E-state index in [0.29, 0.717) is 25.2 Å². The maximum atomic E-state index is 13.6. The molecule has 0 N–H and O–H groups in total. The standard InChI is InChI=1S/C27H31FN4O2/c1-4-25-24(17-20-9-11-23(34-3)12-10-20)26(30-19(2)29-25)31-13-6-14-32(16-15-31)27(33)21-7-5-8-22(28)18-21/h5,7-12,18H,4,6,13-17H2,1-3H3. The fourth-order valence-corrected chi connectivity index (χ4v) is 4.46. The first-order valence-electron chi connectivity index (χ1n) is 11.8. The molecular weight excluding hydrogens is 431 g/mol. The van der Waals surface area contributed by atoms with Crippen LogP contribution in [0.25, 0.3) is 0 Å². The smallest absolute Gasteiger partial charge is 0.254 e. The number of ether oxygens (including phenoxy) is 1. The summed E-state index contributed by atoms with van der Waals surface area (Å²) in [5.74, 6) is 2.00. The molecule has 1 aromatic heterocycles. The highest BCUT2D eigenvalue weighted by molar-refractivity contribution is 5.94. The Labute approximate surface area is 200 Å². The predicted octanol–water partition coefficient (Wildman–Crippen LogP) is 4.44. The Balaban J connectivity index is 1.58. The summed E-state index contributed by atoms with van der Waals surface area (Å²) in [5, 5.41) is 0. The summed E-state index contributed by atoms with van der Waals surface area (Å²) < 4.78 is 18.9. The molecule has 178 valence electrons. The van der Waals surface area contributed by atoms with Crippen molar-refractivity contribution in [1.29, 1.82) is 0 Å². The summed E-state index contributed by atoms with van der Waals surface area (Å²) in [6.07, 6.45) is 2.36. The summed E-state index contributed by atoms with van der Waals surface area (Å²) in [4.78, 5) is 26.6. The van der Waals surface area contributed by atoms with E-state index in [1.165, 1.54) is 17.7 Å². The summed E-state index contributed by atoms with van der Waals surface area (Å²) >= 11 is 0. The van der Waals surface area contributed by atoms with E-state index in [1.54, 1.807) is 19.2 Å². The van der Waals surface area contributed by atoms with Crippen LogP contribution >= 0.6 is 0 Å².